The fourth-order valence-electron chi connectivity index (χ4n) is 5.02. The van der Waals surface area contributed by atoms with Crippen molar-refractivity contribution in [1.82, 2.24) is 5.32 Å². The van der Waals surface area contributed by atoms with Crippen molar-refractivity contribution < 1.29 is 49.3 Å². The highest BCUT2D eigenvalue weighted by Crippen LogP contribution is 2.31. The monoisotopic (exact) mass is 552 g/mol. The maximum atomic E-state index is 12.6. The maximum Gasteiger partial charge on any atom is 0.249 e. The van der Waals surface area contributed by atoms with E-state index in [2.05, 4.69) is 5.32 Å². The van der Waals surface area contributed by atoms with Gasteiger partial charge < -0.3 is 78.5 Å². The SMILES string of the molecule is NCC[C@H](O)C(=O)N[C@H]1C[C@@H](N)[C@@H](O[C@H]2O[C@H](CN)CC[C@H]2N)[C@H](O)[C@@H]1O[C@H]1O[C@H](CO)[C@@H](O)[C@@H](N)[C@H]1O. The van der Waals surface area contributed by atoms with Crippen molar-refractivity contribution in [2.45, 2.75) is 111 Å². The van der Waals surface area contributed by atoms with Crippen LogP contribution < -0.4 is 34.0 Å². The standard InChI is InChI=1S/C22H44N6O10/c23-4-3-12(30)20(34)28-11-5-10(26)18(37-21-9(25)2-1-8(6-24)35-21)17(33)19(11)38-22-16(32)14(27)15(31)13(7-29)36-22/h8-19,21-22,29-33H,1-7,23-27H2,(H,28,34)/t8-,9+,10+,11-,12-,13+,14+,15+,16+,17-,18+,19+,21+,22+/m0/s1. The van der Waals surface area contributed by atoms with E-state index in [1.165, 1.54) is 0 Å². The van der Waals surface area contributed by atoms with Crippen molar-refractivity contribution in [2.24, 2.45) is 28.7 Å². The topological polar surface area (TPSA) is 297 Å². The van der Waals surface area contributed by atoms with Crippen LogP contribution in [0.15, 0.2) is 0 Å². The Kier molecular flexibility index (Phi) is 11.6. The molecule has 2 aliphatic heterocycles. The van der Waals surface area contributed by atoms with E-state index in [1.54, 1.807) is 0 Å². The quantitative estimate of drug-likeness (QED) is 0.120. The molecule has 2 heterocycles. The molecule has 1 saturated carbocycles. The number of rotatable bonds is 10. The molecule has 0 aromatic carbocycles. The summed E-state index contributed by atoms with van der Waals surface area (Å²) < 4.78 is 23.3. The van der Waals surface area contributed by atoms with Crippen LogP contribution in [0.25, 0.3) is 0 Å². The van der Waals surface area contributed by atoms with Gasteiger partial charge in [-0.3, -0.25) is 4.79 Å². The van der Waals surface area contributed by atoms with Gasteiger partial charge in [0.05, 0.1) is 30.8 Å². The summed E-state index contributed by atoms with van der Waals surface area (Å²) in [5, 5.41) is 54.4. The van der Waals surface area contributed by atoms with Gasteiger partial charge in [-0.25, -0.2) is 0 Å². The molecular formula is C22H44N6O10. The molecule has 1 amide bonds. The lowest BCUT2D eigenvalue weighted by Gasteiger charge is -2.48. The number of aliphatic hydroxyl groups excluding tert-OH is 5. The highest BCUT2D eigenvalue weighted by atomic mass is 16.7. The van der Waals surface area contributed by atoms with Crippen LogP contribution in [-0.4, -0.2) is 137 Å². The van der Waals surface area contributed by atoms with E-state index in [-0.39, 0.29) is 32.0 Å². The Morgan fingerprint density at radius 3 is 2.26 bits per heavy atom. The minimum absolute atomic E-state index is 0.000983. The molecular weight excluding hydrogens is 508 g/mol. The molecule has 0 unspecified atom stereocenters. The second-order valence-corrected chi connectivity index (χ2v) is 10.2. The molecule has 3 fully saturated rings. The third-order valence-electron chi connectivity index (χ3n) is 7.37. The summed E-state index contributed by atoms with van der Waals surface area (Å²) >= 11 is 0. The predicted molar refractivity (Wildman–Crippen MR) is 131 cm³/mol. The number of nitrogens with two attached hydrogens (primary N) is 5. The van der Waals surface area contributed by atoms with Crippen LogP contribution in [0.5, 0.6) is 0 Å². The number of ether oxygens (including phenoxy) is 4. The summed E-state index contributed by atoms with van der Waals surface area (Å²) in [5.41, 5.74) is 29.6. The van der Waals surface area contributed by atoms with Gasteiger partial charge in [-0.05, 0) is 32.2 Å². The molecule has 222 valence electrons. The van der Waals surface area contributed by atoms with E-state index in [9.17, 15) is 30.3 Å². The summed E-state index contributed by atoms with van der Waals surface area (Å²) in [6.07, 6.45) is -10.8. The zero-order chi connectivity index (χ0) is 28.1. The first-order chi connectivity index (χ1) is 18.0. The molecule has 3 aliphatic rings. The fraction of sp³-hybridized carbons (Fsp3) is 0.955. The minimum atomic E-state index is -1.55. The fourth-order valence-corrected chi connectivity index (χ4v) is 5.02. The lowest BCUT2D eigenvalue weighted by atomic mass is 9.83. The number of hydrogen-bond acceptors (Lipinski definition) is 15. The van der Waals surface area contributed by atoms with Crippen molar-refractivity contribution >= 4 is 5.91 Å². The molecule has 0 bridgehead atoms. The average Bonchev–Trinajstić information content (AvgIpc) is 2.89. The van der Waals surface area contributed by atoms with E-state index in [0.29, 0.717) is 12.8 Å². The molecule has 0 radical (unpaired) electrons. The van der Waals surface area contributed by atoms with Crippen molar-refractivity contribution in [3.05, 3.63) is 0 Å². The van der Waals surface area contributed by atoms with Crippen molar-refractivity contribution in [3.63, 3.8) is 0 Å². The number of hydrogen-bond donors (Lipinski definition) is 11. The van der Waals surface area contributed by atoms with Crippen molar-refractivity contribution in [1.29, 1.82) is 0 Å². The third kappa shape index (κ3) is 7.15. The Morgan fingerprint density at radius 2 is 1.63 bits per heavy atom. The van der Waals surface area contributed by atoms with E-state index in [0.717, 1.165) is 0 Å². The largest absolute Gasteiger partial charge is 0.394 e. The van der Waals surface area contributed by atoms with Gasteiger partial charge in [0, 0.05) is 12.6 Å². The molecule has 0 aromatic rings. The van der Waals surface area contributed by atoms with Gasteiger partial charge in [0.2, 0.25) is 5.91 Å². The first kappa shape index (κ1) is 31.4. The van der Waals surface area contributed by atoms with Gasteiger partial charge in [0.25, 0.3) is 0 Å². The Balaban J connectivity index is 1.82. The smallest absolute Gasteiger partial charge is 0.249 e. The second-order valence-electron chi connectivity index (χ2n) is 10.2. The Bertz CT molecular complexity index is 755. The number of carbonyl (C=O) groups is 1. The predicted octanol–water partition coefficient (Wildman–Crippen LogP) is -6.40. The number of aliphatic hydroxyl groups is 5. The van der Waals surface area contributed by atoms with Gasteiger partial charge in [-0.15, -0.1) is 0 Å². The first-order valence-corrected chi connectivity index (χ1v) is 12.9. The first-order valence-electron chi connectivity index (χ1n) is 12.9. The van der Waals surface area contributed by atoms with Crippen LogP contribution in [0.2, 0.25) is 0 Å². The molecule has 0 aromatic heterocycles. The second kappa shape index (κ2) is 14.0. The van der Waals surface area contributed by atoms with E-state index < -0.39 is 92.0 Å². The molecule has 16 heteroatoms. The molecule has 1 aliphatic carbocycles. The zero-order valence-corrected chi connectivity index (χ0v) is 21.2. The van der Waals surface area contributed by atoms with Crippen LogP contribution in [0.4, 0.5) is 0 Å². The van der Waals surface area contributed by atoms with Crippen molar-refractivity contribution in [2.75, 3.05) is 19.7 Å². The zero-order valence-electron chi connectivity index (χ0n) is 21.2. The van der Waals surface area contributed by atoms with Gasteiger partial charge in [-0.2, -0.15) is 0 Å². The lowest BCUT2D eigenvalue weighted by molar-refractivity contribution is -0.314. The highest BCUT2D eigenvalue weighted by Gasteiger charge is 2.51. The summed E-state index contributed by atoms with van der Waals surface area (Å²) in [6, 6.07) is -3.54. The Hall–Kier alpha value is -1.09. The van der Waals surface area contributed by atoms with Crippen LogP contribution in [0.3, 0.4) is 0 Å². The molecule has 16 nitrogen and oxygen atoms in total. The van der Waals surface area contributed by atoms with Crippen LogP contribution in [0, 0.1) is 0 Å². The number of amides is 1. The van der Waals surface area contributed by atoms with Crippen molar-refractivity contribution in [3.8, 4) is 0 Å². The summed E-state index contributed by atoms with van der Waals surface area (Å²) in [5.74, 6) is -0.762. The molecule has 3 rings (SSSR count). The minimum Gasteiger partial charge on any atom is -0.394 e. The van der Waals surface area contributed by atoms with Crippen LogP contribution in [0.1, 0.15) is 25.7 Å². The number of carbonyl (C=O) groups excluding carboxylic acids is 1. The van der Waals surface area contributed by atoms with Crippen LogP contribution in [-0.2, 0) is 23.7 Å². The summed E-state index contributed by atoms with van der Waals surface area (Å²) in [6.45, 7) is -0.296. The molecule has 2 saturated heterocycles. The maximum absolute atomic E-state index is 12.6. The molecule has 0 spiro atoms. The van der Waals surface area contributed by atoms with Gasteiger partial charge in [-0.1, -0.05) is 0 Å². The Labute approximate surface area is 220 Å². The Morgan fingerprint density at radius 1 is 0.947 bits per heavy atom. The highest BCUT2D eigenvalue weighted by molar-refractivity contribution is 5.80. The van der Waals surface area contributed by atoms with Gasteiger partial charge in [0.1, 0.15) is 42.7 Å². The summed E-state index contributed by atoms with van der Waals surface area (Å²) in [4.78, 5) is 12.6. The van der Waals surface area contributed by atoms with E-state index >= 15 is 0 Å². The summed E-state index contributed by atoms with van der Waals surface area (Å²) in [7, 11) is 0. The van der Waals surface area contributed by atoms with E-state index in [4.69, 9.17) is 47.6 Å². The number of nitrogens with one attached hydrogen (secondary N) is 1. The molecule has 16 N–H and O–H groups in total. The third-order valence-corrected chi connectivity index (χ3v) is 7.37. The van der Waals surface area contributed by atoms with Gasteiger partial charge in [0.15, 0.2) is 12.6 Å². The normalized spacial score (nSPS) is 44.9. The lowest BCUT2D eigenvalue weighted by Crippen LogP contribution is -2.69. The average molecular weight is 553 g/mol. The molecule has 38 heavy (non-hydrogen) atoms. The van der Waals surface area contributed by atoms with E-state index in [1.807, 2.05) is 0 Å². The molecule has 14 atom stereocenters. The van der Waals surface area contributed by atoms with Crippen LogP contribution >= 0.6 is 0 Å². The van der Waals surface area contributed by atoms with Gasteiger partial charge >= 0.3 is 0 Å².